The number of aromatic nitrogens is 1. The van der Waals surface area contributed by atoms with E-state index < -0.39 is 10.0 Å². The highest BCUT2D eigenvalue weighted by molar-refractivity contribution is 7.89. The van der Waals surface area contributed by atoms with Crippen LogP contribution < -0.4 is 15.2 Å². The second-order valence-electron chi connectivity index (χ2n) is 5.48. The Morgan fingerprint density at radius 3 is 2.21 bits per heavy atom. The Bertz CT molecular complexity index is 833. The first-order valence-corrected chi connectivity index (χ1v) is 9.02. The Morgan fingerprint density at radius 2 is 1.67 bits per heavy atom. The third-order valence-corrected chi connectivity index (χ3v) is 5.96. The summed E-state index contributed by atoms with van der Waals surface area (Å²) in [7, 11) is -1.96. The fourth-order valence-corrected chi connectivity index (χ4v) is 4.08. The molecule has 0 amide bonds. The molecule has 0 bridgehead atoms. The van der Waals surface area contributed by atoms with Crippen molar-refractivity contribution in [2.24, 2.45) is 0 Å². The van der Waals surface area contributed by atoms with E-state index in [-0.39, 0.29) is 10.5 Å². The molecule has 0 aliphatic carbocycles. The molecule has 0 saturated carbocycles. The summed E-state index contributed by atoms with van der Waals surface area (Å²) >= 11 is 0. The van der Waals surface area contributed by atoms with Crippen LogP contribution in [-0.2, 0) is 10.0 Å². The Labute approximate surface area is 140 Å². The molecule has 3 rings (SSSR count). The zero-order valence-electron chi connectivity index (χ0n) is 13.3. The molecule has 0 radical (unpaired) electrons. The Hall–Kier alpha value is -2.32. The first-order chi connectivity index (χ1) is 11.5. The number of aromatic amines is 1. The van der Waals surface area contributed by atoms with E-state index in [1.54, 1.807) is 7.11 Å². The molecule has 8 heteroatoms. The molecule has 1 aromatic carbocycles. The highest BCUT2D eigenvalue weighted by Gasteiger charge is 2.28. The number of ether oxygens (including phenoxy) is 1. The number of nitrogens with zero attached hydrogens (tertiary/aromatic N) is 2. The summed E-state index contributed by atoms with van der Waals surface area (Å²) in [4.78, 5) is 15.7. The number of piperazine rings is 1. The number of rotatable bonds is 4. The van der Waals surface area contributed by atoms with Gasteiger partial charge in [-0.15, -0.1) is 0 Å². The molecule has 1 aliphatic rings. The maximum Gasteiger partial charge on any atom is 0.247 e. The van der Waals surface area contributed by atoms with Crippen molar-refractivity contribution in [1.29, 1.82) is 0 Å². The van der Waals surface area contributed by atoms with Crippen molar-refractivity contribution >= 4 is 15.7 Å². The van der Waals surface area contributed by atoms with Gasteiger partial charge in [0.1, 0.15) is 5.75 Å². The monoisotopic (exact) mass is 349 g/mol. The molecule has 0 atom stereocenters. The van der Waals surface area contributed by atoms with Gasteiger partial charge in [0.15, 0.2) is 0 Å². The van der Waals surface area contributed by atoms with E-state index in [0.29, 0.717) is 26.2 Å². The Kier molecular flexibility index (Phi) is 4.59. The van der Waals surface area contributed by atoms with Gasteiger partial charge in [-0.25, -0.2) is 8.42 Å². The van der Waals surface area contributed by atoms with Gasteiger partial charge in [-0.3, -0.25) is 4.79 Å². The number of sulfonamides is 1. The quantitative estimate of drug-likeness (QED) is 0.887. The number of nitrogens with one attached hydrogen (secondary N) is 1. The highest BCUT2D eigenvalue weighted by atomic mass is 32.2. The third kappa shape index (κ3) is 3.29. The number of hydrogen-bond acceptors (Lipinski definition) is 5. The average Bonchev–Trinajstić information content (AvgIpc) is 2.62. The number of methoxy groups -OCH3 is 1. The summed E-state index contributed by atoms with van der Waals surface area (Å²) in [5.74, 6) is 0.790. The van der Waals surface area contributed by atoms with Crippen LogP contribution in [0.2, 0.25) is 0 Å². The van der Waals surface area contributed by atoms with Crippen LogP contribution in [0.4, 0.5) is 5.69 Å². The maximum absolute atomic E-state index is 12.6. The number of pyridine rings is 1. The summed E-state index contributed by atoms with van der Waals surface area (Å²) in [6.07, 6.45) is 1.24. The number of hydrogen-bond donors (Lipinski definition) is 1. The van der Waals surface area contributed by atoms with E-state index in [1.165, 1.54) is 22.6 Å². The van der Waals surface area contributed by atoms with Crippen molar-refractivity contribution < 1.29 is 13.2 Å². The largest absolute Gasteiger partial charge is 0.497 e. The van der Waals surface area contributed by atoms with Crippen LogP contribution in [0, 0.1) is 0 Å². The standard InChI is InChI=1S/C16H19N3O4S/c1-23-14-4-2-13(3-5-14)18-8-10-19(11-9-18)24(21,22)15-6-7-16(20)17-12-15/h2-7,12H,8-11H2,1H3,(H,17,20). The van der Waals surface area contributed by atoms with Crippen molar-refractivity contribution in [3.63, 3.8) is 0 Å². The molecular formula is C16H19N3O4S. The number of H-pyrrole nitrogens is 1. The van der Waals surface area contributed by atoms with Gasteiger partial charge in [0.2, 0.25) is 15.6 Å². The van der Waals surface area contributed by atoms with Gasteiger partial charge in [0, 0.05) is 44.1 Å². The minimum Gasteiger partial charge on any atom is -0.497 e. The summed E-state index contributed by atoms with van der Waals surface area (Å²) in [6.45, 7) is 2.00. The van der Waals surface area contributed by atoms with E-state index in [0.717, 1.165) is 11.4 Å². The van der Waals surface area contributed by atoms with Gasteiger partial charge in [-0.1, -0.05) is 0 Å². The van der Waals surface area contributed by atoms with Crippen molar-refractivity contribution in [3.8, 4) is 5.75 Å². The molecule has 1 saturated heterocycles. The lowest BCUT2D eigenvalue weighted by Crippen LogP contribution is -2.48. The first kappa shape index (κ1) is 16.5. The highest BCUT2D eigenvalue weighted by Crippen LogP contribution is 2.22. The molecule has 0 spiro atoms. The first-order valence-electron chi connectivity index (χ1n) is 7.58. The molecule has 24 heavy (non-hydrogen) atoms. The van der Waals surface area contributed by atoms with Crippen molar-refractivity contribution in [2.45, 2.75) is 4.90 Å². The van der Waals surface area contributed by atoms with E-state index >= 15 is 0 Å². The molecule has 1 fully saturated rings. The van der Waals surface area contributed by atoms with Crippen LogP contribution in [0.15, 0.2) is 52.3 Å². The van der Waals surface area contributed by atoms with E-state index in [1.807, 2.05) is 24.3 Å². The molecular weight excluding hydrogens is 330 g/mol. The third-order valence-electron chi connectivity index (χ3n) is 4.07. The van der Waals surface area contributed by atoms with Gasteiger partial charge >= 0.3 is 0 Å². The SMILES string of the molecule is COc1ccc(N2CCN(S(=O)(=O)c3ccc(=O)[nH]c3)CC2)cc1. The van der Waals surface area contributed by atoms with Gasteiger partial charge in [-0.05, 0) is 30.3 Å². The predicted molar refractivity (Wildman–Crippen MR) is 91.0 cm³/mol. The fraction of sp³-hybridized carbons (Fsp3) is 0.312. The molecule has 1 aromatic heterocycles. The molecule has 1 N–H and O–H groups in total. The molecule has 2 heterocycles. The second kappa shape index (κ2) is 6.66. The van der Waals surface area contributed by atoms with Crippen LogP contribution in [0.5, 0.6) is 5.75 Å². The Morgan fingerprint density at radius 1 is 1.00 bits per heavy atom. The topological polar surface area (TPSA) is 82.7 Å². The zero-order valence-corrected chi connectivity index (χ0v) is 14.1. The minimum atomic E-state index is -3.58. The van der Waals surface area contributed by atoms with Crippen LogP contribution in [-0.4, -0.2) is 51.0 Å². The molecule has 1 aliphatic heterocycles. The van der Waals surface area contributed by atoms with Gasteiger partial charge in [-0.2, -0.15) is 4.31 Å². The molecule has 128 valence electrons. The lowest BCUT2D eigenvalue weighted by Gasteiger charge is -2.35. The maximum atomic E-state index is 12.6. The smallest absolute Gasteiger partial charge is 0.247 e. The zero-order chi connectivity index (χ0) is 17.2. The predicted octanol–water partition coefficient (Wildman–Crippen LogP) is 0.894. The number of benzene rings is 1. The van der Waals surface area contributed by atoms with Crippen molar-refractivity contribution in [3.05, 3.63) is 52.9 Å². The fourth-order valence-electron chi connectivity index (χ4n) is 2.69. The van der Waals surface area contributed by atoms with E-state index in [9.17, 15) is 13.2 Å². The minimum absolute atomic E-state index is 0.111. The second-order valence-corrected chi connectivity index (χ2v) is 7.42. The van der Waals surface area contributed by atoms with Crippen LogP contribution in [0.3, 0.4) is 0 Å². The van der Waals surface area contributed by atoms with Crippen molar-refractivity contribution in [2.75, 3.05) is 38.2 Å². The lowest BCUT2D eigenvalue weighted by atomic mass is 10.2. The van der Waals surface area contributed by atoms with Gasteiger partial charge < -0.3 is 14.6 Å². The lowest BCUT2D eigenvalue weighted by molar-refractivity contribution is 0.384. The van der Waals surface area contributed by atoms with Crippen LogP contribution >= 0.6 is 0 Å². The molecule has 2 aromatic rings. The Balaban J connectivity index is 1.69. The average molecular weight is 349 g/mol. The number of anilines is 1. The van der Waals surface area contributed by atoms with Gasteiger partial charge in [0.25, 0.3) is 0 Å². The summed E-state index contributed by atoms with van der Waals surface area (Å²) < 4.78 is 31.8. The summed E-state index contributed by atoms with van der Waals surface area (Å²) in [6, 6.07) is 10.3. The van der Waals surface area contributed by atoms with Crippen LogP contribution in [0.1, 0.15) is 0 Å². The van der Waals surface area contributed by atoms with Gasteiger partial charge in [0.05, 0.1) is 12.0 Å². The summed E-state index contributed by atoms with van der Waals surface area (Å²) in [5, 5.41) is 0. The van der Waals surface area contributed by atoms with E-state index in [4.69, 9.17) is 4.74 Å². The molecule has 7 nitrogen and oxygen atoms in total. The van der Waals surface area contributed by atoms with E-state index in [2.05, 4.69) is 9.88 Å². The van der Waals surface area contributed by atoms with Crippen LogP contribution in [0.25, 0.3) is 0 Å². The normalized spacial score (nSPS) is 16.1. The molecule has 0 unspecified atom stereocenters. The van der Waals surface area contributed by atoms with Crippen molar-refractivity contribution in [1.82, 2.24) is 9.29 Å². The summed E-state index contributed by atoms with van der Waals surface area (Å²) in [5.41, 5.74) is 0.718.